The van der Waals surface area contributed by atoms with Gasteiger partial charge in [-0.05, 0) is 51.7 Å². The van der Waals surface area contributed by atoms with Gasteiger partial charge >= 0.3 is 0 Å². The number of fused-ring (bicyclic) bond motifs is 1. The molecule has 170 valence electrons. The Morgan fingerprint density at radius 2 is 1.97 bits per heavy atom. The number of piperidine rings is 1. The minimum absolute atomic E-state index is 0.148. The number of hydrogen-bond donors (Lipinski definition) is 1. The smallest absolute Gasteiger partial charge is 0.261 e. The van der Waals surface area contributed by atoms with Crippen LogP contribution < -0.4 is 10.2 Å². The summed E-state index contributed by atoms with van der Waals surface area (Å²) in [6, 6.07) is 3.12. The van der Waals surface area contributed by atoms with Gasteiger partial charge in [-0.15, -0.1) is 0 Å². The van der Waals surface area contributed by atoms with Crippen LogP contribution in [0.5, 0.6) is 0 Å². The van der Waals surface area contributed by atoms with Crippen LogP contribution in [0.4, 0.5) is 14.6 Å². The molecule has 0 spiro atoms. The van der Waals surface area contributed by atoms with Gasteiger partial charge in [0.05, 0.1) is 12.2 Å². The third-order valence-corrected chi connectivity index (χ3v) is 6.54. The number of halogens is 2. The molecule has 0 amide bonds. The summed E-state index contributed by atoms with van der Waals surface area (Å²) in [5, 5.41) is 8.04. The van der Waals surface area contributed by atoms with Crippen LogP contribution in [0.2, 0.25) is 0 Å². The summed E-state index contributed by atoms with van der Waals surface area (Å²) in [4.78, 5) is 11.3. The normalized spacial score (nSPS) is 23.9. The summed E-state index contributed by atoms with van der Waals surface area (Å²) in [6.07, 6.45) is 2.88. The minimum atomic E-state index is -0.678. The molecule has 2 aliphatic heterocycles. The molecule has 9 heteroatoms. The molecule has 1 N–H and O–H groups in total. The molecule has 2 fully saturated rings. The van der Waals surface area contributed by atoms with Crippen molar-refractivity contribution >= 4 is 16.7 Å². The SMILES string of the molecule is Cc1noc(-c2c(N3CC[C@@H](N[C@@H]4CCOC4)C[C@H]3C)nc3c(F)cc(F)cc3c2C)n1. The van der Waals surface area contributed by atoms with Crippen molar-refractivity contribution in [2.75, 3.05) is 24.7 Å². The molecule has 2 aromatic heterocycles. The molecule has 7 nitrogen and oxygen atoms in total. The lowest BCUT2D eigenvalue weighted by atomic mass is 9.95. The molecule has 3 atom stereocenters. The molecule has 0 radical (unpaired) electrons. The highest BCUT2D eigenvalue weighted by molar-refractivity contribution is 5.92. The van der Waals surface area contributed by atoms with Crippen molar-refractivity contribution in [3.05, 3.63) is 35.2 Å². The van der Waals surface area contributed by atoms with Gasteiger partial charge in [0.15, 0.2) is 11.6 Å². The summed E-state index contributed by atoms with van der Waals surface area (Å²) in [7, 11) is 0. The monoisotopic (exact) mass is 443 g/mol. The number of ether oxygens (including phenoxy) is 1. The Bertz CT molecular complexity index is 1150. The fraction of sp³-hybridized carbons (Fsp3) is 0.522. The molecule has 0 aliphatic carbocycles. The molecule has 0 saturated carbocycles. The summed E-state index contributed by atoms with van der Waals surface area (Å²) in [5.74, 6) is 0.0778. The molecule has 3 aromatic rings. The molecule has 2 aliphatic rings. The van der Waals surface area contributed by atoms with E-state index in [1.807, 2.05) is 6.92 Å². The second-order valence-corrected chi connectivity index (χ2v) is 8.86. The first-order valence-corrected chi connectivity index (χ1v) is 11.1. The first kappa shape index (κ1) is 21.2. The van der Waals surface area contributed by atoms with Gasteiger partial charge in [0.25, 0.3) is 5.89 Å². The topological polar surface area (TPSA) is 76.3 Å². The lowest BCUT2D eigenvalue weighted by Crippen LogP contribution is -2.50. The van der Waals surface area contributed by atoms with Crippen molar-refractivity contribution in [1.82, 2.24) is 20.4 Å². The lowest BCUT2D eigenvalue weighted by Gasteiger charge is -2.40. The molecular formula is C23H27F2N5O2. The van der Waals surface area contributed by atoms with Gasteiger partial charge in [-0.1, -0.05) is 5.16 Å². The van der Waals surface area contributed by atoms with Gasteiger partial charge in [-0.3, -0.25) is 0 Å². The zero-order chi connectivity index (χ0) is 22.4. The highest BCUT2D eigenvalue weighted by Crippen LogP contribution is 2.39. The number of rotatable bonds is 4. The van der Waals surface area contributed by atoms with Gasteiger partial charge < -0.3 is 19.5 Å². The van der Waals surface area contributed by atoms with E-state index in [-0.39, 0.29) is 11.6 Å². The Labute approximate surface area is 185 Å². The maximum atomic E-state index is 14.7. The average molecular weight is 443 g/mol. The van der Waals surface area contributed by atoms with Gasteiger partial charge in [0.2, 0.25) is 0 Å². The highest BCUT2D eigenvalue weighted by Gasteiger charge is 2.32. The number of nitrogens with zero attached hydrogens (tertiary/aromatic N) is 4. The van der Waals surface area contributed by atoms with E-state index in [2.05, 4.69) is 32.3 Å². The van der Waals surface area contributed by atoms with Crippen LogP contribution in [0.1, 0.15) is 37.6 Å². The van der Waals surface area contributed by atoms with Crippen LogP contribution in [0.25, 0.3) is 22.4 Å². The predicted molar refractivity (Wildman–Crippen MR) is 117 cm³/mol. The van der Waals surface area contributed by atoms with E-state index in [1.54, 1.807) is 6.92 Å². The molecule has 1 aromatic carbocycles. The van der Waals surface area contributed by atoms with E-state index in [1.165, 1.54) is 6.07 Å². The number of aryl methyl sites for hydroxylation is 2. The first-order valence-electron chi connectivity index (χ1n) is 11.1. The van der Waals surface area contributed by atoms with Crippen molar-refractivity contribution in [3.8, 4) is 11.5 Å². The molecule has 32 heavy (non-hydrogen) atoms. The molecule has 2 saturated heterocycles. The maximum absolute atomic E-state index is 14.7. The van der Waals surface area contributed by atoms with Gasteiger partial charge in [0.1, 0.15) is 17.2 Å². The van der Waals surface area contributed by atoms with Crippen molar-refractivity contribution < 1.29 is 18.0 Å². The van der Waals surface area contributed by atoms with E-state index < -0.39 is 11.6 Å². The molecule has 0 unspecified atom stereocenters. The summed E-state index contributed by atoms with van der Waals surface area (Å²) >= 11 is 0. The number of nitrogens with one attached hydrogen (secondary N) is 1. The number of anilines is 1. The minimum Gasteiger partial charge on any atom is -0.380 e. The lowest BCUT2D eigenvalue weighted by molar-refractivity contribution is 0.185. The maximum Gasteiger partial charge on any atom is 0.261 e. The summed E-state index contributed by atoms with van der Waals surface area (Å²) < 4.78 is 39.7. The van der Waals surface area contributed by atoms with E-state index >= 15 is 0 Å². The van der Waals surface area contributed by atoms with Crippen molar-refractivity contribution in [2.45, 2.75) is 58.2 Å². The van der Waals surface area contributed by atoms with Crippen LogP contribution in [0.15, 0.2) is 16.7 Å². The number of pyridine rings is 1. The van der Waals surface area contributed by atoms with E-state index in [0.717, 1.165) is 45.1 Å². The summed E-state index contributed by atoms with van der Waals surface area (Å²) in [5.41, 5.74) is 1.45. The Morgan fingerprint density at radius 1 is 1.12 bits per heavy atom. The standard InChI is InChI=1S/C23H27F2N5O2/c1-12-8-16(27-17-5-7-31-11-17)4-6-30(12)22-20(23-26-14(3)29-32-23)13(2)18-9-15(24)10-19(25)21(18)28-22/h9-10,12,16-17,27H,4-8,11H2,1-3H3/t12-,16-,17-/m1/s1. The Balaban J connectivity index is 1.55. The van der Waals surface area contributed by atoms with Crippen molar-refractivity contribution in [1.29, 1.82) is 0 Å². The van der Waals surface area contributed by atoms with Gasteiger partial charge in [-0.25, -0.2) is 13.8 Å². The number of aromatic nitrogens is 3. The second kappa shape index (κ2) is 8.37. The zero-order valence-corrected chi connectivity index (χ0v) is 18.5. The predicted octanol–water partition coefficient (Wildman–Crippen LogP) is 3.92. The number of benzene rings is 1. The third kappa shape index (κ3) is 3.84. The Kier molecular flexibility index (Phi) is 5.54. The Morgan fingerprint density at radius 3 is 2.66 bits per heavy atom. The van der Waals surface area contributed by atoms with E-state index in [0.29, 0.717) is 46.1 Å². The highest BCUT2D eigenvalue weighted by atomic mass is 19.1. The van der Waals surface area contributed by atoms with Crippen LogP contribution in [-0.4, -0.2) is 53.0 Å². The van der Waals surface area contributed by atoms with Crippen molar-refractivity contribution in [2.24, 2.45) is 0 Å². The van der Waals surface area contributed by atoms with E-state index in [9.17, 15) is 8.78 Å². The first-order chi connectivity index (χ1) is 15.4. The summed E-state index contributed by atoms with van der Waals surface area (Å²) in [6.45, 7) is 8.02. The molecule has 5 rings (SSSR count). The second-order valence-electron chi connectivity index (χ2n) is 8.86. The fourth-order valence-corrected chi connectivity index (χ4v) is 4.93. The average Bonchev–Trinajstić information content (AvgIpc) is 3.40. The zero-order valence-electron chi connectivity index (χ0n) is 18.5. The van der Waals surface area contributed by atoms with Gasteiger partial charge in [0, 0.05) is 42.7 Å². The van der Waals surface area contributed by atoms with Crippen molar-refractivity contribution in [3.63, 3.8) is 0 Å². The van der Waals surface area contributed by atoms with Crippen LogP contribution in [0.3, 0.4) is 0 Å². The fourth-order valence-electron chi connectivity index (χ4n) is 4.93. The number of hydrogen-bond acceptors (Lipinski definition) is 7. The van der Waals surface area contributed by atoms with E-state index in [4.69, 9.17) is 9.26 Å². The molecular weight excluding hydrogens is 416 g/mol. The Hall–Kier alpha value is -2.65. The quantitative estimate of drug-likeness (QED) is 0.655. The third-order valence-electron chi connectivity index (χ3n) is 6.54. The van der Waals surface area contributed by atoms with Gasteiger partial charge in [-0.2, -0.15) is 4.98 Å². The molecule has 0 bridgehead atoms. The van der Waals surface area contributed by atoms with Crippen LogP contribution >= 0.6 is 0 Å². The van der Waals surface area contributed by atoms with Crippen LogP contribution in [0, 0.1) is 25.5 Å². The largest absolute Gasteiger partial charge is 0.380 e. The molecule has 4 heterocycles. The van der Waals surface area contributed by atoms with Crippen LogP contribution in [-0.2, 0) is 4.74 Å².